The first-order chi connectivity index (χ1) is 12.5. The number of aliphatic hydroxyl groups is 1. The van der Waals surface area contributed by atoms with Crippen molar-refractivity contribution in [3.63, 3.8) is 0 Å². The Bertz CT molecular complexity index is 872. The Morgan fingerprint density at radius 3 is 2.41 bits per heavy atom. The van der Waals surface area contributed by atoms with Crippen molar-refractivity contribution in [1.29, 1.82) is 5.26 Å². The van der Waals surface area contributed by atoms with Crippen LogP contribution in [0.15, 0.2) is 42.5 Å². The van der Waals surface area contributed by atoms with Crippen LogP contribution in [-0.2, 0) is 11.0 Å². The number of nitrogens with one attached hydrogen (secondary N) is 1. The molecule has 1 atom stereocenters. The van der Waals surface area contributed by atoms with Crippen LogP contribution in [0.4, 0.5) is 23.2 Å². The number of carbonyl (C=O) groups is 1. The summed E-state index contributed by atoms with van der Waals surface area (Å²) in [6.07, 6.45) is -4.78. The molecule has 27 heavy (non-hydrogen) atoms. The number of hydrogen-bond donors (Lipinski definition) is 2. The van der Waals surface area contributed by atoms with Gasteiger partial charge in [0.1, 0.15) is 18.2 Å². The molecule has 2 aromatic carbocycles. The number of ether oxygens (including phenoxy) is 1. The van der Waals surface area contributed by atoms with Crippen LogP contribution >= 0.6 is 0 Å². The van der Waals surface area contributed by atoms with Crippen molar-refractivity contribution in [2.75, 3.05) is 11.9 Å². The van der Waals surface area contributed by atoms with Crippen molar-refractivity contribution in [3.8, 4) is 11.8 Å². The number of alkyl halides is 3. The second kappa shape index (κ2) is 7.63. The molecule has 0 radical (unpaired) electrons. The zero-order valence-electron chi connectivity index (χ0n) is 14.0. The van der Waals surface area contributed by atoms with Crippen molar-refractivity contribution < 1.29 is 32.2 Å². The van der Waals surface area contributed by atoms with Crippen molar-refractivity contribution in [3.05, 3.63) is 59.4 Å². The van der Waals surface area contributed by atoms with Gasteiger partial charge in [0.25, 0.3) is 5.91 Å². The molecule has 0 aliphatic carbocycles. The van der Waals surface area contributed by atoms with Crippen LogP contribution in [0.2, 0.25) is 0 Å². The predicted octanol–water partition coefficient (Wildman–Crippen LogP) is 3.48. The van der Waals surface area contributed by atoms with Gasteiger partial charge in [-0.1, -0.05) is 0 Å². The minimum atomic E-state index is -4.78. The van der Waals surface area contributed by atoms with Crippen LogP contribution in [0.5, 0.6) is 5.75 Å². The first-order valence-electron chi connectivity index (χ1n) is 7.56. The highest BCUT2D eigenvalue weighted by Crippen LogP contribution is 2.33. The summed E-state index contributed by atoms with van der Waals surface area (Å²) in [6.45, 7) is 0.590. The van der Waals surface area contributed by atoms with E-state index in [2.05, 4.69) is 5.32 Å². The summed E-state index contributed by atoms with van der Waals surface area (Å²) in [7, 11) is 0. The molecule has 0 spiro atoms. The molecule has 0 bridgehead atoms. The molecule has 9 heteroatoms. The van der Waals surface area contributed by atoms with Crippen LogP contribution in [0.25, 0.3) is 0 Å². The Kier molecular flexibility index (Phi) is 5.71. The molecular weight excluding hydrogens is 368 g/mol. The maximum Gasteiger partial charge on any atom is 0.417 e. The Morgan fingerprint density at radius 2 is 1.85 bits per heavy atom. The van der Waals surface area contributed by atoms with Gasteiger partial charge in [0, 0.05) is 5.69 Å². The van der Waals surface area contributed by atoms with Crippen molar-refractivity contribution in [1.82, 2.24) is 0 Å². The van der Waals surface area contributed by atoms with Crippen LogP contribution < -0.4 is 10.1 Å². The molecule has 2 N–H and O–H groups in total. The lowest BCUT2D eigenvalue weighted by molar-refractivity contribution is -0.138. The molecule has 2 aromatic rings. The molecule has 0 aliphatic heterocycles. The molecule has 0 fully saturated rings. The van der Waals surface area contributed by atoms with Gasteiger partial charge >= 0.3 is 6.18 Å². The van der Waals surface area contributed by atoms with Gasteiger partial charge in [0.2, 0.25) is 0 Å². The summed E-state index contributed by atoms with van der Waals surface area (Å²) in [6, 6.07) is 8.90. The van der Waals surface area contributed by atoms with E-state index >= 15 is 0 Å². The predicted molar refractivity (Wildman–Crippen MR) is 87.3 cm³/mol. The second-order valence-electron chi connectivity index (χ2n) is 5.84. The lowest BCUT2D eigenvalue weighted by Crippen LogP contribution is -2.45. The lowest BCUT2D eigenvalue weighted by atomic mass is 10.1. The fourth-order valence-corrected chi connectivity index (χ4v) is 2.04. The Balaban J connectivity index is 2.11. The topological polar surface area (TPSA) is 82.3 Å². The third kappa shape index (κ3) is 5.18. The standard InChI is InChI=1S/C18H14F4N2O3/c1-17(26,10-27-14-6-3-12(19)4-7-14)16(25)24-13-5-2-11(9-23)15(8-13)18(20,21)22/h2-8,26H,10H2,1H3,(H,24,25)/t17-/m1/s1. The van der Waals surface area contributed by atoms with E-state index in [0.29, 0.717) is 6.07 Å². The molecule has 0 unspecified atom stereocenters. The highest BCUT2D eigenvalue weighted by molar-refractivity contribution is 5.97. The second-order valence-corrected chi connectivity index (χ2v) is 5.84. The zero-order chi connectivity index (χ0) is 20.2. The van der Waals surface area contributed by atoms with E-state index in [1.54, 1.807) is 0 Å². The molecule has 5 nitrogen and oxygen atoms in total. The highest BCUT2D eigenvalue weighted by Gasteiger charge is 2.35. The fraction of sp³-hybridized carbons (Fsp3) is 0.222. The van der Waals surface area contributed by atoms with Gasteiger partial charge in [-0.25, -0.2) is 4.39 Å². The number of rotatable bonds is 5. The summed E-state index contributed by atoms with van der Waals surface area (Å²) in [5, 5.41) is 21.1. The normalized spacial score (nSPS) is 13.4. The first-order valence-corrected chi connectivity index (χ1v) is 7.56. The van der Waals surface area contributed by atoms with Gasteiger partial charge in [0.05, 0.1) is 17.2 Å². The Labute approximate surface area is 151 Å². The molecule has 142 valence electrons. The van der Waals surface area contributed by atoms with E-state index in [1.165, 1.54) is 18.2 Å². The minimum absolute atomic E-state index is 0.196. The average Bonchev–Trinajstić information content (AvgIpc) is 2.60. The summed E-state index contributed by atoms with van der Waals surface area (Å²) in [5.74, 6) is -1.31. The Morgan fingerprint density at radius 1 is 1.22 bits per heavy atom. The number of benzene rings is 2. The van der Waals surface area contributed by atoms with Gasteiger partial charge in [-0.2, -0.15) is 18.4 Å². The van der Waals surface area contributed by atoms with E-state index in [1.807, 2.05) is 0 Å². The maximum atomic E-state index is 13.0. The summed E-state index contributed by atoms with van der Waals surface area (Å²) < 4.78 is 56.9. The number of halogens is 4. The van der Waals surface area contributed by atoms with Crippen LogP contribution in [0.1, 0.15) is 18.1 Å². The molecule has 1 amide bonds. The van der Waals surface area contributed by atoms with Crippen LogP contribution in [0.3, 0.4) is 0 Å². The smallest absolute Gasteiger partial charge is 0.417 e. The zero-order valence-corrected chi connectivity index (χ0v) is 14.0. The van der Waals surface area contributed by atoms with Crippen LogP contribution in [0, 0.1) is 17.1 Å². The largest absolute Gasteiger partial charge is 0.490 e. The fourth-order valence-electron chi connectivity index (χ4n) is 2.04. The molecule has 0 heterocycles. The van der Waals surface area contributed by atoms with Gasteiger partial charge in [-0.05, 0) is 49.4 Å². The lowest BCUT2D eigenvalue weighted by Gasteiger charge is -2.23. The summed E-state index contributed by atoms with van der Waals surface area (Å²) in [4.78, 5) is 12.2. The monoisotopic (exact) mass is 382 g/mol. The van der Waals surface area contributed by atoms with Gasteiger partial charge < -0.3 is 15.2 Å². The van der Waals surface area contributed by atoms with Gasteiger partial charge in [0.15, 0.2) is 5.60 Å². The quantitative estimate of drug-likeness (QED) is 0.776. The number of nitriles is 1. The minimum Gasteiger partial charge on any atom is -0.490 e. The molecule has 0 aliphatic rings. The number of nitrogens with zero attached hydrogens (tertiary/aromatic N) is 1. The Hall–Kier alpha value is -3.12. The van der Waals surface area contributed by atoms with E-state index in [9.17, 15) is 27.5 Å². The molecule has 0 aromatic heterocycles. The summed E-state index contributed by atoms with van der Waals surface area (Å²) >= 11 is 0. The number of carbonyl (C=O) groups excluding carboxylic acids is 1. The number of anilines is 1. The van der Waals surface area contributed by atoms with Crippen LogP contribution in [-0.4, -0.2) is 23.2 Å². The first kappa shape index (κ1) is 20.2. The van der Waals surface area contributed by atoms with E-state index in [0.717, 1.165) is 31.2 Å². The molecule has 2 rings (SSSR count). The van der Waals surface area contributed by atoms with Crippen molar-refractivity contribution in [2.45, 2.75) is 18.7 Å². The van der Waals surface area contributed by atoms with Crippen molar-refractivity contribution in [2.24, 2.45) is 0 Å². The van der Waals surface area contributed by atoms with Gasteiger partial charge in [-0.3, -0.25) is 4.79 Å². The van der Waals surface area contributed by atoms with Gasteiger partial charge in [-0.15, -0.1) is 0 Å². The van der Waals surface area contributed by atoms with Crippen molar-refractivity contribution >= 4 is 11.6 Å². The SMILES string of the molecule is C[C@@](O)(COc1ccc(F)cc1)C(=O)Nc1ccc(C#N)c(C(F)(F)F)c1. The van der Waals surface area contributed by atoms with E-state index in [4.69, 9.17) is 10.00 Å². The summed E-state index contributed by atoms with van der Waals surface area (Å²) in [5.41, 5.74) is -4.12. The average molecular weight is 382 g/mol. The number of hydrogen-bond acceptors (Lipinski definition) is 4. The molecule has 0 saturated carbocycles. The molecular formula is C18H14F4N2O3. The number of amides is 1. The van der Waals surface area contributed by atoms with E-state index in [-0.39, 0.29) is 11.4 Å². The highest BCUT2D eigenvalue weighted by atomic mass is 19.4. The third-order valence-corrected chi connectivity index (χ3v) is 3.53. The molecule has 0 saturated heterocycles. The van der Waals surface area contributed by atoms with E-state index < -0.39 is 41.2 Å². The maximum absolute atomic E-state index is 13.0. The third-order valence-electron chi connectivity index (χ3n) is 3.53.